The molecule has 0 saturated carbocycles. The Labute approximate surface area is 142 Å². The van der Waals surface area contributed by atoms with Gasteiger partial charge in [0.1, 0.15) is 6.61 Å². The van der Waals surface area contributed by atoms with Gasteiger partial charge in [0.05, 0.1) is 25.8 Å². The van der Waals surface area contributed by atoms with Crippen LogP contribution in [0.25, 0.3) is 0 Å². The SMILES string of the molecule is CCOP(=S)(OCC)N1CCO/C1=N\C1Cc2ccccc2C1. The topological polar surface area (TPSA) is 43.3 Å². The Morgan fingerprint density at radius 1 is 1.22 bits per heavy atom. The van der Waals surface area contributed by atoms with Gasteiger partial charge in [-0.25, -0.2) is 4.99 Å². The van der Waals surface area contributed by atoms with Gasteiger partial charge < -0.3 is 13.8 Å². The molecule has 0 aromatic heterocycles. The summed E-state index contributed by atoms with van der Waals surface area (Å²) in [5, 5.41) is 0. The Hall–Kier alpha value is -0.940. The quantitative estimate of drug-likeness (QED) is 0.735. The van der Waals surface area contributed by atoms with Crippen LogP contribution in [0.15, 0.2) is 29.3 Å². The molecule has 0 unspecified atom stereocenters. The largest absolute Gasteiger partial charge is 0.463 e. The average molecular weight is 354 g/mol. The number of rotatable bonds is 6. The van der Waals surface area contributed by atoms with Crippen LogP contribution in [0, 0.1) is 0 Å². The Morgan fingerprint density at radius 2 is 1.83 bits per heavy atom. The van der Waals surface area contributed by atoms with Gasteiger partial charge in [-0.15, -0.1) is 0 Å². The third kappa shape index (κ3) is 3.61. The van der Waals surface area contributed by atoms with Crippen molar-refractivity contribution in [1.82, 2.24) is 4.67 Å². The van der Waals surface area contributed by atoms with Crippen LogP contribution in [0.4, 0.5) is 0 Å². The second-order valence-electron chi connectivity index (χ2n) is 5.52. The molecule has 1 aromatic carbocycles. The van der Waals surface area contributed by atoms with Crippen molar-refractivity contribution in [3.63, 3.8) is 0 Å². The maximum Gasteiger partial charge on any atom is 0.295 e. The summed E-state index contributed by atoms with van der Waals surface area (Å²) in [6, 6.07) is 9.30. The lowest BCUT2D eigenvalue weighted by molar-refractivity contribution is 0.240. The van der Waals surface area contributed by atoms with E-state index in [1.165, 1.54) is 11.1 Å². The minimum atomic E-state index is -2.54. The van der Waals surface area contributed by atoms with Crippen molar-refractivity contribution in [1.29, 1.82) is 0 Å². The molecule has 7 heteroatoms. The van der Waals surface area contributed by atoms with Crippen molar-refractivity contribution in [3.8, 4) is 0 Å². The van der Waals surface area contributed by atoms with Gasteiger partial charge in [0.2, 0.25) is 0 Å². The Kier molecular flexibility index (Phi) is 5.37. The minimum Gasteiger partial charge on any atom is -0.463 e. The highest BCUT2D eigenvalue weighted by molar-refractivity contribution is 8.09. The zero-order valence-electron chi connectivity index (χ0n) is 13.6. The van der Waals surface area contributed by atoms with E-state index < -0.39 is 6.64 Å². The molecule has 23 heavy (non-hydrogen) atoms. The molecule has 1 saturated heterocycles. The average Bonchev–Trinajstić information content (AvgIpc) is 3.14. The fourth-order valence-electron chi connectivity index (χ4n) is 3.01. The van der Waals surface area contributed by atoms with Crippen molar-refractivity contribution in [2.75, 3.05) is 26.4 Å². The van der Waals surface area contributed by atoms with Gasteiger partial charge in [0.15, 0.2) is 0 Å². The maximum atomic E-state index is 5.78. The number of aliphatic imine (C=N–C) groups is 1. The van der Waals surface area contributed by atoms with E-state index in [4.69, 9.17) is 30.6 Å². The molecule has 126 valence electrons. The monoisotopic (exact) mass is 354 g/mol. The van der Waals surface area contributed by atoms with Crippen LogP contribution in [-0.4, -0.2) is 43.1 Å². The molecule has 0 amide bonds. The summed E-state index contributed by atoms with van der Waals surface area (Å²) in [7, 11) is 0. The smallest absolute Gasteiger partial charge is 0.295 e. The number of fused-ring (bicyclic) bond motifs is 1. The molecule has 0 radical (unpaired) electrons. The molecule has 1 aliphatic heterocycles. The highest BCUT2D eigenvalue weighted by Gasteiger charge is 2.36. The van der Waals surface area contributed by atoms with Gasteiger partial charge in [-0.05, 0) is 49.6 Å². The van der Waals surface area contributed by atoms with Gasteiger partial charge in [-0.3, -0.25) is 4.67 Å². The third-order valence-electron chi connectivity index (χ3n) is 3.96. The van der Waals surface area contributed by atoms with Crippen molar-refractivity contribution in [2.24, 2.45) is 4.99 Å². The highest BCUT2D eigenvalue weighted by atomic mass is 32.5. The van der Waals surface area contributed by atoms with E-state index in [1.807, 2.05) is 18.5 Å². The zero-order chi connectivity index (χ0) is 16.3. The molecule has 0 spiro atoms. The molecule has 3 rings (SSSR count). The second-order valence-corrected chi connectivity index (χ2v) is 8.84. The lowest BCUT2D eigenvalue weighted by Crippen LogP contribution is -2.26. The van der Waals surface area contributed by atoms with Crippen molar-refractivity contribution in [3.05, 3.63) is 35.4 Å². The minimum absolute atomic E-state index is 0.203. The predicted octanol–water partition coefficient (Wildman–Crippen LogP) is 3.14. The molecule has 5 nitrogen and oxygen atoms in total. The normalized spacial score (nSPS) is 20.1. The lowest BCUT2D eigenvalue weighted by atomic mass is 10.1. The number of hydrogen-bond donors (Lipinski definition) is 0. The van der Waals surface area contributed by atoms with Gasteiger partial charge >= 0.3 is 0 Å². The summed E-state index contributed by atoms with van der Waals surface area (Å²) in [6.07, 6.45) is 1.89. The van der Waals surface area contributed by atoms with Crippen LogP contribution in [0.1, 0.15) is 25.0 Å². The molecule has 0 atom stereocenters. The first-order valence-electron chi connectivity index (χ1n) is 8.10. The standard InChI is InChI=1S/C16H23N2O3PS/c1-3-20-22(23,21-4-2)18-9-10-19-16(18)17-15-11-13-7-5-6-8-14(13)12-15/h5-8,15H,3-4,9-12H2,1-2H3/b17-16-. The summed E-state index contributed by atoms with van der Waals surface area (Å²) in [5.41, 5.74) is 2.75. The van der Waals surface area contributed by atoms with E-state index in [1.54, 1.807) is 0 Å². The van der Waals surface area contributed by atoms with E-state index in [-0.39, 0.29) is 6.04 Å². The molecule has 0 bridgehead atoms. The molecule has 1 aromatic rings. The van der Waals surface area contributed by atoms with E-state index in [0.717, 1.165) is 12.8 Å². The van der Waals surface area contributed by atoms with Gasteiger partial charge in [0, 0.05) is 0 Å². The van der Waals surface area contributed by atoms with Crippen LogP contribution in [0.3, 0.4) is 0 Å². The lowest BCUT2D eigenvalue weighted by Gasteiger charge is -2.29. The van der Waals surface area contributed by atoms with Gasteiger partial charge in [-0.1, -0.05) is 24.3 Å². The van der Waals surface area contributed by atoms with Crippen LogP contribution in [0.5, 0.6) is 0 Å². The fraction of sp³-hybridized carbons (Fsp3) is 0.562. The highest BCUT2D eigenvalue weighted by Crippen LogP contribution is 2.53. The van der Waals surface area contributed by atoms with E-state index in [0.29, 0.717) is 32.4 Å². The van der Waals surface area contributed by atoms with E-state index in [9.17, 15) is 0 Å². The summed E-state index contributed by atoms with van der Waals surface area (Å²) in [6.45, 7) is 3.63. The first kappa shape index (κ1) is 16.9. The molecule has 1 aliphatic carbocycles. The third-order valence-corrected chi connectivity index (χ3v) is 7.31. The Morgan fingerprint density at radius 3 is 2.39 bits per heavy atom. The predicted molar refractivity (Wildman–Crippen MR) is 95.3 cm³/mol. The molecule has 0 N–H and O–H groups in total. The molecular weight excluding hydrogens is 331 g/mol. The molecular formula is C16H23N2O3PS. The number of benzene rings is 1. The van der Waals surface area contributed by atoms with Crippen molar-refractivity contribution >= 4 is 24.5 Å². The number of nitrogens with zero attached hydrogens (tertiary/aromatic N) is 2. The molecule has 2 aliphatic rings. The van der Waals surface area contributed by atoms with Crippen molar-refractivity contribution < 1.29 is 13.8 Å². The Bertz CT molecular complexity index is 603. The molecule has 1 fully saturated rings. The van der Waals surface area contributed by atoms with E-state index >= 15 is 0 Å². The summed E-state index contributed by atoms with van der Waals surface area (Å²) in [4.78, 5) is 4.82. The fourth-order valence-corrected chi connectivity index (χ4v) is 5.75. The Balaban J connectivity index is 1.78. The van der Waals surface area contributed by atoms with Gasteiger partial charge in [-0.2, -0.15) is 0 Å². The first-order chi connectivity index (χ1) is 11.2. The van der Waals surface area contributed by atoms with Gasteiger partial charge in [0.25, 0.3) is 12.7 Å². The number of amidine groups is 1. The van der Waals surface area contributed by atoms with E-state index in [2.05, 4.69) is 24.3 Å². The van der Waals surface area contributed by atoms with Crippen LogP contribution in [0.2, 0.25) is 0 Å². The summed E-state index contributed by atoms with van der Waals surface area (Å²) in [5.74, 6) is 0. The summed E-state index contributed by atoms with van der Waals surface area (Å²) < 4.78 is 19.2. The van der Waals surface area contributed by atoms with Crippen molar-refractivity contribution in [2.45, 2.75) is 32.7 Å². The van der Waals surface area contributed by atoms with Crippen LogP contribution in [-0.2, 0) is 38.4 Å². The van der Waals surface area contributed by atoms with Crippen LogP contribution >= 0.6 is 6.64 Å². The first-order valence-corrected chi connectivity index (χ1v) is 10.7. The second kappa shape index (κ2) is 7.31. The number of hydrogen-bond acceptors (Lipinski definition) is 5. The molecule has 1 heterocycles. The maximum absolute atomic E-state index is 5.78. The number of ether oxygens (including phenoxy) is 1. The van der Waals surface area contributed by atoms with Crippen LogP contribution < -0.4 is 0 Å². The zero-order valence-corrected chi connectivity index (χ0v) is 15.3. The summed E-state index contributed by atoms with van der Waals surface area (Å²) >= 11 is 5.68.